The summed E-state index contributed by atoms with van der Waals surface area (Å²) >= 11 is 0. The molecule has 1 amide bonds. The minimum Gasteiger partial charge on any atom is -0.310 e. The van der Waals surface area contributed by atoms with Crippen molar-refractivity contribution in [2.75, 3.05) is 18.4 Å². The van der Waals surface area contributed by atoms with E-state index >= 15 is 0 Å². The van der Waals surface area contributed by atoms with Gasteiger partial charge in [0, 0.05) is 18.7 Å². The fourth-order valence-electron chi connectivity index (χ4n) is 3.05. The van der Waals surface area contributed by atoms with Crippen molar-refractivity contribution in [2.24, 2.45) is 0 Å². The van der Waals surface area contributed by atoms with Crippen LogP contribution in [0.3, 0.4) is 0 Å². The van der Waals surface area contributed by atoms with Gasteiger partial charge in [0.25, 0.3) is 0 Å². The Morgan fingerprint density at radius 3 is 3.13 bits per heavy atom. The summed E-state index contributed by atoms with van der Waals surface area (Å²) in [7, 11) is 0. The van der Waals surface area contributed by atoms with Crippen molar-refractivity contribution in [3.63, 3.8) is 0 Å². The normalized spacial score (nSPS) is 18.4. The van der Waals surface area contributed by atoms with Crippen molar-refractivity contribution >= 4 is 11.7 Å². The van der Waals surface area contributed by atoms with Crippen LogP contribution in [0.2, 0.25) is 0 Å². The van der Waals surface area contributed by atoms with Gasteiger partial charge in [-0.15, -0.1) is 0 Å². The molecule has 0 aliphatic carbocycles. The Morgan fingerprint density at radius 1 is 1.43 bits per heavy atom. The van der Waals surface area contributed by atoms with Gasteiger partial charge in [-0.2, -0.15) is 10.2 Å². The Labute approximate surface area is 135 Å². The van der Waals surface area contributed by atoms with Gasteiger partial charge in [0.1, 0.15) is 18.5 Å². The minimum atomic E-state index is 0.00773. The van der Waals surface area contributed by atoms with Crippen molar-refractivity contribution in [3.05, 3.63) is 24.9 Å². The third-order valence-corrected chi connectivity index (χ3v) is 4.13. The summed E-state index contributed by atoms with van der Waals surface area (Å²) in [5.74, 6) is 0.775. The molecule has 2 aromatic rings. The average molecular weight is 317 g/mol. The van der Waals surface area contributed by atoms with E-state index in [-0.39, 0.29) is 5.91 Å². The number of hydrogen-bond acceptors (Lipinski definition) is 5. The Hall–Kier alpha value is -2.22. The molecule has 8 heteroatoms. The molecule has 0 radical (unpaired) electrons. The molecule has 0 bridgehead atoms. The van der Waals surface area contributed by atoms with Gasteiger partial charge in [0.05, 0.1) is 19.3 Å². The van der Waals surface area contributed by atoms with Crippen LogP contribution in [0.25, 0.3) is 0 Å². The second-order valence-corrected chi connectivity index (χ2v) is 5.87. The number of rotatable bonds is 7. The number of carbonyl (C=O) groups is 1. The van der Waals surface area contributed by atoms with Gasteiger partial charge >= 0.3 is 0 Å². The zero-order chi connectivity index (χ0) is 16.1. The van der Waals surface area contributed by atoms with Crippen LogP contribution in [0.4, 0.5) is 5.82 Å². The molecule has 1 saturated heterocycles. The van der Waals surface area contributed by atoms with Crippen LogP contribution >= 0.6 is 0 Å². The van der Waals surface area contributed by atoms with Crippen molar-refractivity contribution in [1.29, 1.82) is 0 Å². The van der Waals surface area contributed by atoms with E-state index in [0.29, 0.717) is 12.6 Å². The van der Waals surface area contributed by atoms with Gasteiger partial charge in [-0.25, -0.2) is 9.67 Å². The molecule has 0 aromatic carbocycles. The Kier molecular flexibility index (Phi) is 5.02. The number of nitrogens with zero attached hydrogens (tertiary/aromatic N) is 6. The first-order valence-electron chi connectivity index (χ1n) is 8.14. The highest BCUT2D eigenvalue weighted by Crippen LogP contribution is 2.18. The third kappa shape index (κ3) is 3.95. The number of hydrogen-bond donors (Lipinski definition) is 1. The van der Waals surface area contributed by atoms with Gasteiger partial charge in [-0.05, 0) is 25.8 Å². The van der Waals surface area contributed by atoms with Gasteiger partial charge in [0.15, 0.2) is 0 Å². The molecule has 2 aromatic heterocycles. The molecular formula is C15H23N7O. The molecule has 1 aliphatic heterocycles. The lowest BCUT2D eigenvalue weighted by molar-refractivity contribution is -0.117. The minimum absolute atomic E-state index is 0.00773. The first-order chi connectivity index (χ1) is 11.3. The van der Waals surface area contributed by atoms with Crippen molar-refractivity contribution in [1.82, 2.24) is 29.4 Å². The summed E-state index contributed by atoms with van der Waals surface area (Å²) in [6, 6.07) is 2.17. The van der Waals surface area contributed by atoms with Crippen LogP contribution in [0.15, 0.2) is 24.9 Å². The first kappa shape index (κ1) is 15.7. The van der Waals surface area contributed by atoms with E-state index < -0.39 is 0 Å². The second kappa shape index (κ2) is 7.36. The Bertz CT molecular complexity index is 622. The fourth-order valence-corrected chi connectivity index (χ4v) is 3.05. The standard InChI is InChI=1S/C15H23N7O/c1-2-7-22-14(5-6-17-22)19-15(23)10-20-8-3-4-13(20)9-21-12-16-11-18-21/h5-6,11-13H,2-4,7-10H2,1H3,(H,19,23)/t13-/m1/s1. The highest BCUT2D eigenvalue weighted by molar-refractivity contribution is 5.91. The molecule has 3 rings (SSSR count). The zero-order valence-electron chi connectivity index (χ0n) is 13.4. The van der Waals surface area contributed by atoms with E-state index in [9.17, 15) is 4.79 Å². The van der Waals surface area contributed by atoms with Crippen LogP contribution in [-0.4, -0.2) is 54.5 Å². The summed E-state index contributed by atoms with van der Waals surface area (Å²) in [5.41, 5.74) is 0. The van der Waals surface area contributed by atoms with E-state index in [2.05, 4.69) is 32.3 Å². The molecular weight excluding hydrogens is 294 g/mol. The second-order valence-electron chi connectivity index (χ2n) is 5.87. The average Bonchev–Trinajstić information content (AvgIpc) is 3.25. The molecule has 1 fully saturated rings. The number of amides is 1. The maximum atomic E-state index is 12.3. The maximum absolute atomic E-state index is 12.3. The molecule has 23 heavy (non-hydrogen) atoms. The largest absolute Gasteiger partial charge is 0.310 e. The predicted molar refractivity (Wildman–Crippen MR) is 85.8 cm³/mol. The molecule has 8 nitrogen and oxygen atoms in total. The molecule has 0 unspecified atom stereocenters. The van der Waals surface area contributed by atoms with Gasteiger partial charge < -0.3 is 5.32 Å². The number of likely N-dealkylation sites (tertiary alicyclic amines) is 1. The summed E-state index contributed by atoms with van der Waals surface area (Å²) in [6.45, 7) is 5.02. The van der Waals surface area contributed by atoms with E-state index in [0.717, 1.165) is 44.7 Å². The van der Waals surface area contributed by atoms with Gasteiger partial charge in [-0.1, -0.05) is 6.92 Å². The van der Waals surface area contributed by atoms with Crippen LogP contribution < -0.4 is 5.32 Å². The quantitative estimate of drug-likeness (QED) is 0.823. The molecule has 1 atom stereocenters. The van der Waals surface area contributed by atoms with E-state index in [4.69, 9.17) is 0 Å². The van der Waals surface area contributed by atoms with E-state index in [1.807, 2.05) is 15.4 Å². The molecule has 1 aliphatic rings. The maximum Gasteiger partial charge on any atom is 0.239 e. The highest BCUT2D eigenvalue weighted by atomic mass is 16.2. The highest BCUT2D eigenvalue weighted by Gasteiger charge is 2.27. The molecule has 3 heterocycles. The molecule has 1 N–H and O–H groups in total. The molecule has 124 valence electrons. The predicted octanol–water partition coefficient (Wildman–Crippen LogP) is 0.988. The lowest BCUT2D eigenvalue weighted by Gasteiger charge is -2.23. The topological polar surface area (TPSA) is 80.9 Å². The van der Waals surface area contributed by atoms with Crippen LogP contribution in [-0.2, 0) is 17.9 Å². The number of anilines is 1. The lowest BCUT2D eigenvalue weighted by atomic mass is 10.2. The van der Waals surface area contributed by atoms with Crippen molar-refractivity contribution < 1.29 is 4.79 Å². The Balaban J connectivity index is 1.55. The number of aromatic nitrogens is 5. The lowest BCUT2D eigenvalue weighted by Crippen LogP contribution is -2.39. The Morgan fingerprint density at radius 2 is 2.35 bits per heavy atom. The van der Waals surface area contributed by atoms with Crippen LogP contribution in [0.5, 0.6) is 0 Å². The fraction of sp³-hybridized carbons (Fsp3) is 0.600. The van der Waals surface area contributed by atoms with Crippen molar-refractivity contribution in [2.45, 2.75) is 45.3 Å². The number of aryl methyl sites for hydroxylation is 1. The van der Waals surface area contributed by atoms with E-state index in [1.165, 1.54) is 0 Å². The third-order valence-electron chi connectivity index (χ3n) is 4.13. The van der Waals surface area contributed by atoms with Crippen molar-refractivity contribution in [3.8, 4) is 0 Å². The molecule has 0 saturated carbocycles. The summed E-state index contributed by atoms with van der Waals surface area (Å²) in [5, 5.41) is 11.3. The van der Waals surface area contributed by atoms with Crippen LogP contribution in [0.1, 0.15) is 26.2 Å². The molecule has 0 spiro atoms. The number of carbonyl (C=O) groups excluding carboxylic acids is 1. The van der Waals surface area contributed by atoms with Gasteiger partial charge in [-0.3, -0.25) is 14.4 Å². The summed E-state index contributed by atoms with van der Waals surface area (Å²) < 4.78 is 3.66. The monoisotopic (exact) mass is 317 g/mol. The zero-order valence-corrected chi connectivity index (χ0v) is 13.4. The summed E-state index contributed by atoms with van der Waals surface area (Å²) in [6.07, 6.45) is 8.16. The summed E-state index contributed by atoms with van der Waals surface area (Å²) in [4.78, 5) is 18.5. The van der Waals surface area contributed by atoms with Gasteiger partial charge in [0.2, 0.25) is 5.91 Å². The van der Waals surface area contributed by atoms with E-state index in [1.54, 1.807) is 18.9 Å². The first-order valence-corrected chi connectivity index (χ1v) is 8.14. The SMILES string of the molecule is CCCn1nccc1NC(=O)CN1CCC[C@@H]1Cn1cncn1. The van der Waals surface area contributed by atoms with Crippen LogP contribution in [0, 0.1) is 0 Å². The smallest absolute Gasteiger partial charge is 0.239 e. The number of nitrogens with one attached hydrogen (secondary N) is 1.